The van der Waals surface area contributed by atoms with E-state index in [0.717, 1.165) is 12.6 Å². The lowest BCUT2D eigenvalue weighted by molar-refractivity contribution is -0.139. The van der Waals surface area contributed by atoms with Crippen LogP contribution in [0.1, 0.15) is 39.2 Å². The highest BCUT2D eigenvalue weighted by molar-refractivity contribution is 7.89. The molecular weight excluding hydrogens is 342 g/mol. The van der Waals surface area contributed by atoms with Gasteiger partial charge >= 0.3 is 0 Å². The number of amides is 1. The fourth-order valence-electron chi connectivity index (χ4n) is 2.51. The Morgan fingerprint density at radius 3 is 2.16 bits per heavy atom. The number of aliphatic hydroxyl groups excluding tert-OH is 1. The van der Waals surface area contributed by atoms with E-state index < -0.39 is 39.7 Å². The summed E-state index contributed by atoms with van der Waals surface area (Å²) >= 11 is 0. The normalized spacial score (nSPS) is 15.3. The molecule has 25 heavy (non-hydrogen) atoms. The third-order valence-electron chi connectivity index (χ3n) is 4.40. The molecule has 0 unspecified atom stereocenters. The Morgan fingerprint density at radius 1 is 1.16 bits per heavy atom. The van der Waals surface area contributed by atoms with E-state index in [-0.39, 0.29) is 4.90 Å². The summed E-state index contributed by atoms with van der Waals surface area (Å²) in [5, 5.41) is 9.96. The minimum absolute atomic E-state index is 0.00679. The maximum atomic E-state index is 12.6. The first-order valence-electron chi connectivity index (χ1n) is 8.35. The predicted octanol–water partition coefficient (Wildman–Crippen LogP) is 2.14. The van der Waals surface area contributed by atoms with Gasteiger partial charge in [-0.1, -0.05) is 38.0 Å². The van der Waals surface area contributed by atoms with Crippen LogP contribution in [0.2, 0.25) is 0 Å². The van der Waals surface area contributed by atoms with Crippen LogP contribution in [0.4, 0.5) is 0 Å². The largest absolute Gasteiger partial charge is 0.392 e. The SMILES string of the molecule is CCC[C@H](O)[C@@H](C)C(=O)[C@H](C)C(=O)N(C)S(=O)(=O)c1ccc(C)cc1. The Labute approximate surface area is 149 Å². The molecule has 0 heterocycles. The van der Waals surface area contributed by atoms with Crippen molar-refractivity contribution in [3.63, 3.8) is 0 Å². The fraction of sp³-hybridized carbons (Fsp3) is 0.556. The van der Waals surface area contributed by atoms with Gasteiger partial charge in [0.05, 0.1) is 16.9 Å². The summed E-state index contributed by atoms with van der Waals surface area (Å²) in [6.45, 7) is 6.65. The zero-order valence-corrected chi connectivity index (χ0v) is 16.2. The van der Waals surface area contributed by atoms with Gasteiger partial charge in [0.2, 0.25) is 5.91 Å². The van der Waals surface area contributed by atoms with Crippen molar-refractivity contribution in [3.05, 3.63) is 29.8 Å². The van der Waals surface area contributed by atoms with Crippen molar-refractivity contribution in [3.8, 4) is 0 Å². The molecule has 1 aromatic rings. The number of rotatable bonds is 8. The summed E-state index contributed by atoms with van der Waals surface area (Å²) in [5.74, 6) is -3.14. The van der Waals surface area contributed by atoms with Gasteiger partial charge in [0.1, 0.15) is 5.78 Å². The van der Waals surface area contributed by atoms with Crippen LogP contribution in [-0.2, 0) is 19.6 Å². The molecule has 3 atom stereocenters. The van der Waals surface area contributed by atoms with Gasteiger partial charge < -0.3 is 5.11 Å². The fourth-order valence-corrected chi connectivity index (χ4v) is 3.70. The highest BCUT2D eigenvalue weighted by atomic mass is 32.2. The van der Waals surface area contributed by atoms with Gasteiger partial charge in [0, 0.05) is 13.0 Å². The smallest absolute Gasteiger partial charge is 0.266 e. The highest BCUT2D eigenvalue weighted by Gasteiger charge is 2.35. The number of hydrogen-bond acceptors (Lipinski definition) is 5. The van der Waals surface area contributed by atoms with Crippen molar-refractivity contribution >= 4 is 21.7 Å². The molecule has 0 aromatic heterocycles. The minimum Gasteiger partial charge on any atom is -0.392 e. The van der Waals surface area contributed by atoms with Gasteiger partial charge in [-0.3, -0.25) is 9.59 Å². The molecule has 1 rings (SSSR count). The highest BCUT2D eigenvalue weighted by Crippen LogP contribution is 2.20. The third-order valence-corrected chi connectivity index (χ3v) is 6.17. The van der Waals surface area contributed by atoms with Crippen LogP contribution in [0, 0.1) is 18.8 Å². The number of carbonyl (C=O) groups excluding carboxylic acids is 2. The molecule has 7 heteroatoms. The van der Waals surface area contributed by atoms with Gasteiger partial charge in [-0.05, 0) is 32.4 Å². The standard InChI is InChI=1S/C18H27NO5S/c1-6-7-16(20)13(3)17(21)14(4)18(22)19(5)25(23,24)15-10-8-12(2)9-11-15/h8-11,13-14,16,20H,6-7H2,1-5H3/t13-,14+,16+/m1/s1. The van der Waals surface area contributed by atoms with Crippen LogP contribution >= 0.6 is 0 Å². The number of carbonyl (C=O) groups is 2. The number of Topliss-reactive ketones (excluding diaryl/α,β-unsaturated/α-hetero) is 1. The number of aliphatic hydroxyl groups is 1. The molecule has 140 valence electrons. The van der Waals surface area contributed by atoms with Gasteiger partial charge in [-0.25, -0.2) is 12.7 Å². The van der Waals surface area contributed by atoms with Crippen molar-refractivity contribution in [1.29, 1.82) is 0 Å². The average molecular weight is 369 g/mol. The first-order chi connectivity index (χ1) is 11.5. The summed E-state index contributed by atoms with van der Waals surface area (Å²) in [6, 6.07) is 6.13. The van der Waals surface area contributed by atoms with Crippen LogP contribution in [0.25, 0.3) is 0 Å². The second kappa shape index (κ2) is 8.58. The van der Waals surface area contributed by atoms with Crippen LogP contribution in [0.3, 0.4) is 0 Å². The molecule has 1 aromatic carbocycles. The number of benzene rings is 1. The molecule has 0 bridgehead atoms. The molecule has 0 saturated carbocycles. The van der Waals surface area contributed by atoms with Crippen molar-refractivity contribution < 1.29 is 23.1 Å². The van der Waals surface area contributed by atoms with Crippen molar-refractivity contribution in [2.75, 3.05) is 7.05 Å². The van der Waals surface area contributed by atoms with Gasteiger partial charge in [0.15, 0.2) is 0 Å². The quantitative estimate of drug-likeness (QED) is 0.709. The monoisotopic (exact) mass is 369 g/mol. The van der Waals surface area contributed by atoms with E-state index in [2.05, 4.69) is 0 Å². The summed E-state index contributed by atoms with van der Waals surface area (Å²) in [6.07, 6.45) is 0.320. The Balaban J connectivity index is 2.97. The minimum atomic E-state index is -4.02. The molecular formula is C18H27NO5S. The Hall–Kier alpha value is -1.73. The average Bonchev–Trinajstić information content (AvgIpc) is 2.58. The molecule has 0 aliphatic heterocycles. The van der Waals surface area contributed by atoms with Gasteiger partial charge in [0.25, 0.3) is 10.0 Å². The second-order valence-electron chi connectivity index (χ2n) is 6.39. The molecule has 0 aliphatic rings. The number of ketones is 1. The van der Waals surface area contributed by atoms with E-state index in [0.29, 0.717) is 17.1 Å². The van der Waals surface area contributed by atoms with Crippen LogP contribution < -0.4 is 0 Å². The van der Waals surface area contributed by atoms with E-state index in [4.69, 9.17) is 0 Å². The van der Waals surface area contributed by atoms with Crippen LogP contribution in [0.5, 0.6) is 0 Å². The summed E-state index contributed by atoms with van der Waals surface area (Å²) in [5.41, 5.74) is 0.898. The molecule has 0 saturated heterocycles. The zero-order valence-electron chi connectivity index (χ0n) is 15.4. The van der Waals surface area contributed by atoms with Crippen LogP contribution in [-0.4, -0.2) is 42.7 Å². The zero-order chi connectivity index (χ0) is 19.4. The topological polar surface area (TPSA) is 91.8 Å². The molecule has 0 fully saturated rings. The van der Waals surface area contributed by atoms with E-state index in [1.807, 2.05) is 13.8 Å². The summed E-state index contributed by atoms with van der Waals surface area (Å²) in [7, 11) is -2.87. The summed E-state index contributed by atoms with van der Waals surface area (Å²) < 4.78 is 25.7. The lowest BCUT2D eigenvalue weighted by Gasteiger charge is -2.24. The Morgan fingerprint density at radius 2 is 1.68 bits per heavy atom. The summed E-state index contributed by atoms with van der Waals surface area (Å²) in [4.78, 5) is 24.9. The maximum Gasteiger partial charge on any atom is 0.266 e. The number of sulfonamides is 1. The van der Waals surface area contributed by atoms with Gasteiger partial charge in [-0.2, -0.15) is 0 Å². The molecule has 0 aliphatic carbocycles. The molecule has 0 spiro atoms. The van der Waals surface area contributed by atoms with Gasteiger partial charge in [-0.15, -0.1) is 0 Å². The lowest BCUT2D eigenvalue weighted by atomic mass is 9.89. The van der Waals surface area contributed by atoms with E-state index in [1.165, 1.54) is 19.1 Å². The second-order valence-corrected chi connectivity index (χ2v) is 8.36. The molecule has 0 radical (unpaired) electrons. The first kappa shape index (κ1) is 21.3. The number of nitrogens with zero attached hydrogens (tertiary/aromatic N) is 1. The lowest BCUT2D eigenvalue weighted by Crippen LogP contribution is -2.42. The molecule has 6 nitrogen and oxygen atoms in total. The van der Waals surface area contributed by atoms with E-state index >= 15 is 0 Å². The maximum absolute atomic E-state index is 12.6. The number of hydrogen-bond donors (Lipinski definition) is 1. The third kappa shape index (κ3) is 4.89. The molecule has 1 N–H and O–H groups in total. The van der Waals surface area contributed by atoms with E-state index in [9.17, 15) is 23.1 Å². The van der Waals surface area contributed by atoms with Crippen molar-refractivity contribution in [2.24, 2.45) is 11.8 Å². The van der Waals surface area contributed by atoms with Crippen LogP contribution in [0.15, 0.2) is 29.2 Å². The van der Waals surface area contributed by atoms with Crippen molar-refractivity contribution in [1.82, 2.24) is 4.31 Å². The molecule has 1 amide bonds. The predicted molar refractivity (Wildman–Crippen MR) is 95.4 cm³/mol. The van der Waals surface area contributed by atoms with E-state index in [1.54, 1.807) is 19.1 Å². The first-order valence-corrected chi connectivity index (χ1v) is 9.79. The number of aryl methyl sites for hydroxylation is 1. The van der Waals surface area contributed by atoms with Crippen molar-refractivity contribution in [2.45, 2.75) is 51.5 Å². The Kier molecular flexibility index (Phi) is 7.31. The Bertz CT molecular complexity index is 711.